The SMILES string of the molecule is CC[C@]12C=CCN3CCC4(c5cc(C)c(OC)cc5N(C)C4[C@](C)(O)[C@@H]1O)C32. The summed E-state index contributed by atoms with van der Waals surface area (Å²) >= 11 is 0. The first-order valence-corrected chi connectivity index (χ1v) is 10.5. The summed E-state index contributed by atoms with van der Waals surface area (Å²) in [4.78, 5) is 4.75. The zero-order chi connectivity index (χ0) is 20.1. The monoisotopic (exact) mass is 384 g/mol. The van der Waals surface area contributed by atoms with Crippen molar-refractivity contribution in [1.29, 1.82) is 0 Å². The summed E-state index contributed by atoms with van der Waals surface area (Å²) in [6.07, 6.45) is 5.40. The molecule has 5 heteroatoms. The Morgan fingerprint density at radius 1 is 1.29 bits per heavy atom. The Hall–Kier alpha value is -1.56. The number of rotatable bonds is 2. The van der Waals surface area contributed by atoms with Crippen molar-refractivity contribution in [3.63, 3.8) is 0 Å². The first-order chi connectivity index (χ1) is 13.3. The highest BCUT2D eigenvalue weighted by atomic mass is 16.5. The molecule has 1 saturated carbocycles. The Morgan fingerprint density at radius 3 is 2.71 bits per heavy atom. The Kier molecular flexibility index (Phi) is 3.64. The number of anilines is 1. The van der Waals surface area contributed by atoms with E-state index in [-0.39, 0.29) is 17.5 Å². The van der Waals surface area contributed by atoms with Crippen molar-refractivity contribution >= 4 is 5.69 Å². The molecule has 0 aromatic heterocycles. The first-order valence-electron chi connectivity index (χ1n) is 10.5. The fraction of sp³-hybridized carbons (Fsp3) is 0.652. The summed E-state index contributed by atoms with van der Waals surface area (Å²) in [5.41, 5.74) is 1.70. The highest BCUT2D eigenvalue weighted by molar-refractivity contribution is 5.71. The molecule has 2 N–H and O–H groups in total. The van der Waals surface area contributed by atoms with Gasteiger partial charge >= 0.3 is 0 Å². The van der Waals surface area contributed by atoms with E-state index in [1.54, 1.807) is 7.11 Å². The summed E-state index contributed by atoms with van der Waals surface area (Å²) in [6.45, 7) is 8.01. The van der Waals surface area contributed by atoms with Crippen molar-refractivity contribution in [3.05, 3.63) is 35.4 Å². The second-order valence-corrected chi connectivity index (χ2v) is 9.54. The van der Waals surface area contributed by atoms with Crippen LogP contribution in [-0.4, -0.2) is 66.1 Å². The van der Waals surface area contributed by atoms with Crippen molar-refractivity contribution in [2.24, 2.45) is 5.41 Å². The number of methoxy groups -OCH3 is 1. The smallest absolute Gasteiger partial charge is 0.123 e. The van der Waals surface area contributed by atoms with Gasteiger partial charge in [-0.25, -0.2) is 0 Å². The van der Waals surface area contributed by atoms with E-state index in [4.69, 9.17) is 4.74 Å². The van der Waals surface area contributed by atoms with E-state index in [9.17, 15) is 10.2 Å². The number of hydrogen-bond acceptors (Lipinski definition) is 5. The molecule has 0 amide bonds. The Bertz CT molecular complexity index is 866. The van der Waals surface area contributed by atoms with Crippen LogP contribution in [0.1, 0.15) is 37.8 Å². The second-order valence-electron chi connectivity index (χ2n) is 9.54. The maximum absolute atomic E-state index is 11.8. The van der Waals surface area contributed by atoms with Gasteiger partial charge in [0, 0.05) is 42.2 Å². The maximum Gasteiger partial charge on any atom is 0.123 e. The van der Waals surface area contributed by atoms with Gasteiger partial charge in [0.05, 0.1) is 19.3 Å². The number of ether oxygens (including phenoxy) is 1. The lowest BCUT2D eigenvalue weighted by Crippen LogP contribution is -2.77. The molecule has 6 atom stereocenters. The molecule has 3 aliphatic heterocycles. The molecule has 1 spiro atoms. The second kappa shape index (κ2) is 5.53. The van der Waals surface area contributed by atoms with E-state index in [2.05, 4.69) is 55.0 Å². The topological polar surface area (TPSA) is 56.2 Å². The van der Waals surface area contributed by atoms with Crippen molar-refractivity contribution < 1.29 is 14.9 Å². The molecular formula is C23H32N2O3. The van der Waals surface area contributed by atoms with Crippen LogP contribution < -0.4 is 9.64 Å². The molecule has 3 unspecified atom stereocenters. The van der Waals surface area contributed by atoms with Gasteiger partial charge in [-0.3, -0.25) is 4.90 Å². The van der Waals surface area contributed by atoms with E-state index in [1.165, 1.54) is 5.56 Å². The first kappa shape index (κ1) is 18.5. The number of fused-ring (bicyclic) bond motifs is 1. The molecule has 1 saturated heterocycles. The van der Waals surface area contributed by atoms with Crippen LogP contribution in [0.2, 0.25) is 0 Å². The van der Waals surface area contributed by atoms with Gasteiger partial charge in [-0.1, -0.05) is 19.1 Å². The Balaban J connectivity index is 1.84. The molecule has 3 heterocycles. The number of hydrogen-bond donors (Lipinski definition) is 2. The fourth-order valence-corrected chi connectivity index (χ4v) is 7.55. The third-order valence-corrected chi connectivity index (χ3v) is 8.44. The molecule has 1 aromatic carbocycles. The van der Waals surface area contributed by atoms with Gasteiger partial charge in [0.25, 0.3) is 0 Å². The Morgan fingerprint density at radius 2 is 2.04 bits per heavy atom. The zero-order valence-electron chi connectivity index (χ0n) is 17.6. The molecule has 1 aromatic rings. The standard InChI is InChI=1S/C23H32N2O3/c1-6-22-8-7-10-25-11-9-23(19(22)25)15-12-14(2)17(28-5)13-16(15)24(4)18(23)21(3,27)20(22)26/h7-8,12-13,18-20,26-27H,6,9-11H2,1-5H3/t18?,19?,20-,21-,22+,23?/m0/s1. The molecule has 0 radical (unpaired) electrons. The summed E-state index contributed by atoms with van der Waals surface area (Å²) in [5, 5.41) is 23.4. The predicted octanol–water partition coefficient (Wildman–Crippen LogP) is 2.23. The molecule has 28 heavy (non-hydrogen) atoms. The molecule has 1 aliphatic carbocycles. The largest absolute Gasteiger partial charge is 0.496 e. The lowest BCUT2D eigenvalue weighted by atomic mass is 9.48. The normalized spacial score (nSPS) is 43.7. The maximum atomic E-state index is 11.8. The molecule has 4 aliphatic rings. The van der Waals surface area contributed by atoms with Crippen LogP contribution in [0.3, 0.4) is 0 Å². The van der Waals surface area contributed by atoms with Crippen LogP contribution in [0.4, 0.5) is 5.69 Å². The molecule has 0 bridgehead atoms. The summed E-state index contributed by atoms with van der Waals surface area (Å²) in [6, 6.07) is 4.42. The minimum Gasteiger partial charge on any atom is -0.496 e. The van der Waals surface area contributed by atoms with Crippen LogP contribution in [-0.2, 0) is 5.41 Å². The van der Waals surface area contributed by atoms with E-state index in [1.807, 2.05) is 6.92 Å². The fourth-order valence-electron chi connectivity index (χ4n) is 7.55. The van der Waals surface area contributed by atoms with Crippen LogP contribution in [0.15, 0.2) is 24.3 Å². The van der Waals surface area contributed by atoms with Crippen LogP contribution in [0.25, 0.3) is 0 Å². The number of benzene rings is 1. The summed E-state index contributed by atoms with van der Waals surface area (Å²) < 4.78 is 5.61. The number of aliphatic hydroxyl groups excluding tert-OH is 1. The van der Waals surface area contributed by atoms with E-state index < -0.39 is 17.1 Å². The Labute approximate surface area is 167 Å². The van der Waals surface area contributed by atoms with E-state index in [0.29, 0.717) is 0 Å². The lowest BCUT2D eigenvalue weighted by Gasteiger charge is -2.63. The van der Waals surface area contributed by atoms with Crippen molar-refractivity contribution in [3.8, 4) is 5.75 Å². The average Bonchev–Trinajstić information content (AvgIpc) is 3.17. The van der Waals surface area contributed by atoms with E-state index in [0.717, 1.165) is 42.9 Å². The average molecular weight is 385 g/mol. The van der Waals surface area contributed by atoms with Crippen molar-refractivity contribution in [2.45, 2.75) is 62.8 Å². The number of aryl methyl sites for hydroxylation is 1. The molecule has 152 valence electrons. The van der Waals surface area contributed by atoms with Gasteiger partial charge in [0.2, 0.25) is 0 Å². The molecular weight excluding hydrogens is 352 g/mol. The van der Waals surface area contributed by atoms with Gasteiger partial charge in [-0.2, -0.15) is 0 Å². The zero-order valence-corrected chi connectivity index (χ0v) is 17.6. The quantitative estimate of drug-likeness (QED) is 0.766. The predicted molar refractivity (Wildman–Crippen MR) is 110 cm³/mol. The van der Waals surface area contributed by atoms with Gasteiger partial charge < -0.3 is 19.8 Å². The third kappa shape index (κ3) is 1.80. The molecule has 2 fully saturated rings. The third-order valence-electron chi connectivity index (χ3n) is 8.44. The number of nitrogens with zero attached hydrogens (tertiary/aromatic N) is 2. The van der Waals surface area contributed by atoms with Crippen LogP contribution in [0, 0.1) is 12.3 Å². The highest BCUT2D eigenvalue weighted by Crippen LogP contribution is 2.66. The van der Waals surface area contributed by atoms with Crippen LogP contribution >= 0.6 is 0 Å². The van der Waals surface area contributed by atoms with Crippen molar-refractivity contribution in [1.82, 2.24) is 4.90 Å². The lowest BCUT2D eigenvalue weighted by molar-refractivity contribution is -0.190. The van der Waals surface area contributed by atoms with Gasteiger partial charge in [-0.15, -0.1) is 0 Å². The van der Waals surface area contributed by atoms with Gasteiger partial charge in [0.15, 0.2) is 0 Å². The van der Waals surface area contributed by atoms with Gasteiger partial charge in [-0.05, 0) is 50.4 Å². The minimum atomic E-state index is -1.22. The molecule has 5 rings (SSSR count). The number of aliphatic hydroxyl groups is 2. The summed E-state index contributed by atoms with van der Waals surface area (Å²) in [5.74, 6) is 0.876. The minimum absolute atomic E-state index is 0.169. The number of likely N-dealkylation sites (N-methyl/N-ethyl adjacent to an activating group) is 1. The van der Waals surface area contributed by atoms with Gasteiger partial charge in [0.1, 0.15) is 11.4 Å². The van der Waals surface area contributed by atoms with Crippen molar-refractivity contribution in [2.75, 3.05) is 32.1 Å². The van der Waals surface area contributed by atoms with E-state index >= 15 is 0 Å². The van der Waals surface area contributed by atoms with Crippen LogP contribution in [0.5, 0.6) is 5.75 Å². The summed E-state index contributed by atoms with van der Waals surface area (Å²) in [7, 11) is 3.77. The molecule has 5 nitrogen and oxygen atoms in total. The highest BCUT2D eigenvalue weighted by Gasteiger charge is 2.75.